The highest BCUT2D eigenvalue weighted by Crippen LogP contribution is 2.27. The van der Waals surface area contributed by atoms with Crippen molar-refractivity contribution in [1.29, 1.82) is 0 Å². The van der Waals surface area contributed by atoms with Crippen molar-refractivity contribution in [3.8, 4) is 17.2 Å². The minimum Gasteiger partial charge on any atom is -0.497 e. The number of rotatable bonds is 8. The predicted molar refractivity (Wildman–Crippen MR) is 98.3 cm³/mol. The van der Waals surface area contributed by atoms with Crippen LogP contribution in [0.15, 0.2) is 48.5 Å². The standard InChI is InChI=1S/C20H23NO4/c1-23-17-6-4-5-15(13-17)11-12-21-20(22)10-8-16-7-9-18(24-2)19(14-16)25-3/h4-10,13-14H,11-12H2,1-3H3,(H,21,22)/b10-8+. The largest absolute Gasteiger partial charge is 0.497 e. The van der Waals surface area contributed by atoms with Crippen LogP contribution in [0.1, 0.15) is 11.1 Å². The fraction of sp³-hybridized carbons (Fsp3) is 0.250. The van der Waals surface area contributed by atoms with Crippen molar-refractivity contribution in [3.05, 3.63) is 59.7 Å². The number of nitrogens with one attached hydrogen (secondary N) is 1. The smallest absolute Gasteiger partial charge is 0.244 e. The topological polar surface area (TPSA) is 56.8 Å². The summed E-state index contributed by atoms with van der Waals surface area (Å²) in [5, 5.41) is 2.87. The van der Waals surface area contributed by atoms with Crippen LogP contribution in [0.3, 0.4) is 0 Å². The first-order valence-electron chi connectivity index (χ1n) is 7.97. The van der Waals surface area contributed by atoms with Gasteiger partial charge in [0.15, 0.2) is 11.5 Å². The van der Waals surface area contributed by atoms with Crippen LogP contribution < -0.4 is 19.5 Å². The van der Waals surface area contributed by atoms with Crippen molar-refractivity contribution in [2.75, 3.05) is 27.9 Å². The fourth-order valence-electron chi connectivity index (χ4n) is 2.35. The van der Waals surface area contributed by atoms with E-state index < -0.39 is 0 Å². The zero-order valence-corrected chi connectivity index (χ0v) is 14.7. The summed E-state index contributed by atoms with van der Waals surface area (Å²) in [5.74, 6) is 1.96. The Labute approximate surface area is 148 Å². The molecule has 2 rings (SSSR count). The third kappa shape index (κ3) is 5.57. The SMILES string of the molecule is COc1cccc(CCNC(=O)/C=C/c2ccc(OC)c(OC)c2)c1. The molecule has 0 aliphatic heterocycles. The highest BCUT2D eigenvalue weighted by atomic mass is 16.5. The third-order valence-electron chi connectivity index (χ3n) is 3.68. The van der Waals surface area contributed by atoms with Crippen molar-refractivity contribution < 1.29 is 19.0 Å². The van der Waals surface area contributed by atoms with E-state index in [-0.39, 0.29) is 5.91 Å². The number of hydrogen-bond donors (Lipinski definition) is 1. The number of carbonyl (C=O) groups is 1. The molecule has 0 heterocycles. The molecule has 0 unspecified atom stereocenters. The van der Waals surface area contributed by atoms with Crippen LogP contribution in [0, 0.1) is 0 Å². The van der Waals surface area contributed by atoms with Gasteiger partial charge in [-0.15, -0.1) is 0 Å². The monoisotopic (exact) mass is 341 g/mol. The molecule has 0 bridgehead atoms. The van der Waals surface area contributed by atoms with Gasteiger partial charge in [-0.1, -0.05) is 18.2 Å². The number of amides is 1. The molecule has 0 fully saturated rings. The zero-order valence-electron chi connectivity index (χ0n) is 14.7. The van der Waals surface area contributed by atoms with Crippen molar-refractivity contribution >= 4 is 12.0 Å². The summed E-state index contributed by atoms with van der Waals surface area (Å²) in [6, 6.07) is 13.3. The van der Waals surface area contributed by atoms with E-state index in [1.54, 1.807) is 33.5 Å². The highest BCUT2D eigenvalue weighted by Gasteiger charge is 2.03. The minimum atomic E-state index is -0.141. The lowest BCUT2D eigenvalue weighted by atomic mass is 10.1. The Balaban J connectivity index is 1.86. The summed E-state index contributed by atoms with van der Waals surface area (Å²) in [7, 11) is 4.81. The molecule has 0 radical (unpaired) electrons. The normalized spacial score (nSPS) is 10.5. The number of methoxy groups -OCH3 is 3. The Kier molecular flexibility index (Phi) is 6.89. The van der Waals surface area contributed by atoms with Crippen molar-refractivity contribution in [2.45, 2.75) is 6.42 Å². The Morgan fingerprint density at radius 1 is 1.00 bits per heavy atom. The molecule has 0 saturated carbocycles. The van der Waals surface area contributed by atoms with Gasteiger partial charge in [0.05, 0.1) is 21.3 Å². The van der Waals surface area contributed by atoms with Gasteiger partial charge in [0.1, 0.15) is 5.75 Å². The van der Waals surface area contributed by atoms with Gasteiger partial charge in [-0.25, -0.2) is 0 Å². The van der Waals surface area contributed by atoms with Gasteiger partial charge in [-0.3, -0.25) is 4.79 Å². The molecule has 1 N–H and O–H groups in total. The van der Waals surface area contributed by atoms with Gasteiger partial charge >= 0.3 is 0 Å². The lowest BCUT2D eigenvalue weighted by Gasteiger charge is -2.07. The molecule has 0 spiro atoms. The lowest BCUT2D eigenvalue weighted by Crippen LogP contribution is -2.23. The highest BCUT2D eigenvalue weighted by molar-refractivity contribution is 5.91. The van der Waals surface area contributed by atoms with Crippen LogP contribution in [-0.2, 0) is 11.2 Å². The van der Waals surface area contributed by atoms with E-state index in [9.17, 15) is 4.79 Å². The maximum absolute atomic E-state index is 11.9. The molecular weight excluding hydrogens is 318 g/mol. The molecule has 5 nitrogen and oxygen atoms in total. The summed E-state index contributed by atoms with van der Waals surface area (Å²) in [4.78, 5) is 11.9. The molecule has 0 atom stereocenters. The molecule has 0 saturated heterocycles. The van der Waals surface area contributed by atoms with Crippen LogP contribution >= 0.6 is 0 Å². The lowest BCUT2D eigenvalue weighted by molar-refractivity contribution is -0.116. The summed E-state index contributed by atoms with van der Waals surface area (Å²) < 4.78 is 15.6. The van der Waals surface area contributed by atoms with Crippen LogP contribution in [0.2, 0.25) is 0 Å². The van der Waals surface area contributed by atoms with Gasteiger partial charge in [-0.2, -0.15) is 0 Å². The molecule has 5 heteroatoms. The summed E-state index contributed by atoms with van der Waals surface area (Å²) in [6.45, 7) is 0.558. The van der Waals surface area contributed by atoms with Crippen LogP contribution in [0.4, 0.5) is 0 Å². The Hall–Kier alpha value is -2.95. The van der Waals surface area contributed by atoms with Crippen LogP contribution in [0.25, 0.3) is 6.08 Å². The molecule has 0 aromatic heterocycles. The Morgan fingerprint density at radius 3 is 2.52 bits per heavy atom. The van der Waals surface area contributed by atoms with E-state index >= 15 is 0 Å². The number of hydrogen-bond acceptors (Lipinski definition) is 4. The first kappa shape index (κ1) is 18.4. The number of ether oxygens (including phenoxy) is 3. The second kappa shape index (κ2) is 9.37. The molecule has 0 aliphatic rings. The first-order chi connectivity index (χ1) is 12.2. The molecule has 132 valence electrons. The third-order valence-corrected chi connectivity index (χ3v) is 3.68. The minimum absolute atomic E-state index is 0.141. The van der Waals surface area contributed by atoms with Crippen molar-refractivity contribution in [3.63, 3.8) is 0 Å². The maximum Gasteiger partial charge on any atom is 0.244 e. The van der Waals surface area contributed by atoms with Crippen LogP contribution in [-0.4, -0.2) is 33.8 Å². The summed E-state index contributed by atoms with van der Waals surface area (Å²) in [5.41, 5.74) is 1.98. The Morgan fingerprint density at radius 2 is 1.80 bits per heavy atom. The Bertz CT molecular complexity index is 740. The van der Waals surface area contributed by atoms with E-state index in [0.717, 1.165) is 23.3 Å². The average Bonchev–Trinajstić information content (AvgIpc) is 2.66. The second-order valence-corrected chi connectivity index (χ2v) is 5.34. The summed E-state index contributed by atoms with van der Waals surface area (Å²) in [6.07, 6.45) is 3.99. The first-order valence-corrected chi connectivity index (χ1v) is 7.97. The zero-order chi connectivity index (χ0) is 18.1. The quantitative estimate of drug-likeness (QED) is 0.750. The molecule has 0 aliphatic carbocycles. The second-order valence-electron chi connectivity index (χ2n) is 5.34. The maximum atomic E-state index is 11.9. The van der Waals surface area contributed by atoms with E-state index in [1.807, 2.05) is 36.4 Å². The van der Waals surface area contributed by atoms with Gasteiger partial charge in [-0.05, 0) is 47.9 Å². The van der Waals surface area contributed by atoms with Crippen molar-refractivity contribution in [2.24, 2.45) is 0 Å². The molecular formula is C20H23NO4. The van der Waals surface area contributed by atoms with Gasteiger partial charge in [0, 0.05) is 12.6 Å². The van der Waals surface area contributed by atoms with E-state index in [4.69, 9.17) is 14.2 Å². The summed E-state index contributed by atoms with van der Waals surface area (Å²) >= 11 is 0. The van der Waals surface area contributed by atoms with E-state index in [2.05, 4.69) is 5.32 Å². The van der Waals surface area contributed by atoms with Gasteiger partial charge in [0.2, 0.25) is 5.91 Å². The molecule has 2 aromatic carbocycles. The number of carbonyl (C=O) groups excluding carboxylic acids is 1. The predicted octanol–water partition coefficient (Wildman–Crippen LogP) is 3.08. The molecule has 25 heavy (non-hydrogen) atoms. The van der Waals surface area contributed by atoms with E-state index in [1.165, 1.54) is 6.08 Å². The fourth-order valence-corrected chi connectivity index (χ4v) is 2.35. The average molecular weight is 341 g/mol. The number of benzene rings is 2. The molecule has 2 aromatic rings. The van der Waals surface area contributed by atoms with E-state index in [0.29, 0.717) is 18.0 Å². The van der Waals surface area contributed by atoms with Crippen molar-refractivity contribution in [1.82, 2.24) is 5.32 Å². The van der Waals surface area contributed by atoms with Crippen LogP contribution in [0.5, 0.6) is 17.2 Å². The molecule has 1 amide bonds. The van der Waals surface area contributed by atoms with Gasteiger partial charge < -0.3 is 19.5 Å². The van der Waals surface area contributed by atoms with Gasteiger partial charge in [0.25, 0.3) is 0 Å².